The Labute approximate surface area is 190 Å². The van der Waals surface area contributed by atoms with E-state index in [1.807, 2.05) is 30.3 Å². The molecule has 4 nitrogen and oxygen atoms in total. The number of nitrogens with one attached hydrogen (secondary N) is 1. The molecule has 158 valence electrons. The van der Waals surface area contributed by atoms with Crippen LogP contribution >= 0.6 is 22.9 Å². The van der Waals surface area contributed by atoms with Crippen LogP contribution < -0.4 is 10.1 Å². The van der Waals surface area contributed by atoms with E-state index in [1.165, 1.54) is 11.3 Å². The molecule has 1 aromatic heterocycles. The summed E-state index contributed by atoms with van der Waals surface area (Å²) in [6, 6.07) is 20.0. The molecule has 3 aromatic carbocycles. The van der Waals surface area contributed by atoms with Crippen LogP contribution in [-0.2, 0) is 0 Å². The Hall–Kier alpha value is -2.86. The Morgan fingerprint density at radius 2 is 1.87 bits per heavy atom. The maximum absolute atomic E-state index is 13.4. The molecule has 0 fully saturated rings. The molecule has 2 N–H and O–H groups in total. The molecule has 1 heterocycles. The maximum atomic E-state index is 13.4. The van der Waals surface area contributed by atoms with Crippen LogP contribution in [0.3, 0.4) is 0 Å². The zero-order chi connectivity index (χ0) is 21.8. The number of hydrogen-bond donors (Lipinski definition) is 2. The molecule has 4 aromatic rings. The number of thiophene rings is 1. The van der Waals surface area contributed by atoms with Gasteiger partial charge in [-0.15, -0.1) is 11.3 Å². The molecule has 0 radical (unpaired) electrons. The van der Waals surface area contributed by atoms with Crippen molar-refractivity contribution in [3.8, 4) is 22.6 Å². The minimum atomic E-state index is -0.132. The lowest BCUT2D eigenvalue weighted by Crippen LogP contribution is -2.20. The van der Waals surface area contributed by atoms with Gasteiger partial charge in [-0.1, -0.05) is 42.8 Å². The van der Waals surface area contributed by atoms with Crippen molar-refractivity contribution in [1.29, 1.82) is 0 Å². The SMILES string of the molecule is CCNCCOc1ccc(-c2c(C(=O)c3ccccc3Cl)sc3cc(O)ccc23)cc1. The van der Waals surface area contributed by atoms with Crippen LogP contribution in [0.4, 0.5) is 0 Å². The molecule has 0 amide bonds. The number of ether oxygens (including phenoxy) is 1. The fourth-order valence-electron chi connectivity index (χ4n) is 3.44. The highest BCUT2D eigenvalue weighted by Gasteiger charge is 2.22. The summed E-state index contributed by atoms with van der Waals surface area (Å²) in [5.74, 6) is 0.812. The van der Waals surface area contributed by atoms with Crippen molar-refractivity contribution in [2.24, 2.45) is 0 Å². The molecule has 31 heavy (non-hydrogen) atoms. The van der Waals surface area contributed by atoms with E-state index in [2.05, 4.69) is 12.2 Å². The first kappa shape index (κ1) is 21.4. The number of phenols is 1. The number of aromatic hydroxyl groups is 1. The van der Waals surface area contributed by atoms with Gasteiger partial charge >= 0.3 is 0 Å². The summed E-state index contributed by atoms with van der Waals surface area (Å²) in [6.07, 6.45) is 0. The van der Waals surface area contributed by atoms with Gasteiger partial charge in [-0.25, -0.2) is 0 Å². The Bertz CT molecular complexity index is 1220. The topological polar surface area (TPSA) is 58.6 Å². The Kier molecular flexibility index (Phi) is 6.56. The monoisotopic (exact) mass is 451 g/mol. The van der Waals surface area contributed by atoms with E-state index in [9.17, 15) is 9.90 Å². The van der Waals surface area contributed by atoms with E-state index >= 15 is 0 Å². The average molecular weight is 452 g/mol. The summed E-state index contributed by atoms with van der Waals surface area (Å²) in [4.78, 5) is 14.0. The molecule has 0 aliphatic rings. The first-order chi connectivity index (χ1) is 15.1. The van der Waals surface area contributed by atoms with Crippen molar-refractivity contribution in [3.05, 3.63) is 82.2 Å². The van der Waals surface area contributed by atoms with Crippen molar-refractivity contribution in [1.82, 2.24) is 5.32 Å². The first-order valence-corrected chi connectivity index (χ1v) is 11.3. The predicted octanol–water partition coefficient (Wildman–Crippen LogP) is 6.15. The minimum Gasteiger partial charge on any atom is -0.508 e. The lowest BCUT2D eigenvalue weighted by atomic mass is 9.98. The van der Waals surface area contributed by atoms with Crippen LogP contribution in [0.15, 0.2) is 66.7 Å². The second-order valence-corrected chi connectivity index (χ2v) is 8.48. The quantitative estimate of drug-likeness (QED) is 0.249. The first-order valence-electron chi connectivity index (χ1n) is 10.1. The average Bonchev–Trinajstić information content (AvgIpc) is 3.15. The zero-order valence-electron chi connectivity index (χ0n) is 17.0. The number of carbonyl (C=O) groups is 1. The van der Waals surface area contributed by atoms with Gasteiger partial charge < -0.3 is 15.2 Å². The van der Waals surface area contributed by atoms with Crippen LogP contribution in [0.1, 0.15) is 22.2 Å². The number of benzene rings is 3. The van der Waals surface area contributed by atoms with Crippen LogP contribution in [0.2, 0.25) is 5.02 Å². The van der Waals surface area contributed by atoms with E-state index in [0.717, 1.165) is 40.1 Å². The molecule has 0 unspecified atom stereocenters. The molecule has 0 bridgehead atoms. The molecule has 0 atom stereocenters. The van der Waals surface area contributed by atoms with E-state index in [-0.39, 0.29) is 11.5 Å². The third-order valence-electron chi connectivity index (χ3n) is 4.94. The Morgan fingerprint density at radius 1 is 1.10 bits per heavy atom. The molecular formula is C25H22ClNO3S. The normalized spacial score (nSPS) is 11.0. The van der Waals surface area contributed by atoms with Crippen molar-refractivity contribution < 1.29 is 14.6 Å². The van der Waals surface area contributed by atoms with E-state index < -0.39 is 0 Å². The van der Waals surface area contributed by atoms with Gasteiger partial charge in [0.1, 0.15) is 18.1 Å². The largest absolute Gasteiger partial charge is 0.508 e. The van der Waals surface area contributed by atoms with Gasteiger partial charge in [0, 0.05) is 27.8 Å². The third-order valence-corrected chi connectivity index (χ3v) is 6.42. The highest BCUT2D eigenvalue weighted by atomic mass is 35.5. The number of ketones is 1. The van der Waals surface area contributed by atoms with Crippen LogP contribution in [0, 0.1) is 0 Å². The van der Waals surface area contributed by atoms with Gasteiger partial charge in [0.05, 0.1) is 9.90 Å². The molecule has 6 heteroatoms. The summed E-state index contributed by atoms with van der Waals surface area (Å²) in [5, 5.41) is 14.5. The van der Waals surface area contributed by atoms with Gasteiger partial charge in [-0.2, -0.15) is 0 Å². The Balaban J connectivity index is 1.75. The third kappa shape index (κ3) is 4.59. The zero-order valence-corrected chi connectivity index (χ0v) is 18.6. The van der Waals surface area contributed by atoms with E-state index in [0.29, 0.717) is 22.1 Å². The number of carbonyl (C=O) groups excluding carboxylic acids is 1. The van der Waals surface area contributed by atoms with Crippen LogP contribution in [0.5, 0.6) is 11.5 Å². The summed E-state index contributed by atoms with van der Waals surface area (Å²) in [7, 11) is 0. The summed E-state index contributed by atoms with van der Waals surface area (Å²) >= 11 is 7.67. The predicted molar refractivity (Wildman–Crippen MR) is 128 cm³/mol. The van der Waals surface area contributed by atoms with Gasteiger partial charge in [0.15, 0.2) is 0 Å². The maximum Gasteiger partial charge on any atom is 0.205 e. The number of fused-ring (bicyclic) bond motifs is 1. The van der Waals surface area contributed by atoms with Crippen molar-refractivity contribution >= 4 is 38.8 Å². The van der Waals surface area contributed by atoms with E-state index in [4.69, 9.17) is 16.3 Å². The summed E-state index contributed by atoms with van der Waals surface area (Å²) in [5.41, 5.74) is 2.21. The van der Waals surface area contributed by atoms with Crippen LogP contribution in [0.25, 0.3) is 21.2 Å². The Morgan fingerprint density at radius 3 is 2.61 bits per heavy atom. The summed E-state index contributed by atoms with van der Waals surface area (Å²) in [6.45, 7) is 4.34. The summed E-state index contributed by atoms with van der Waals surface area (Å²) < 4.78 is 6.61. The lowest BCUT2D eigenvalue weighted by Gasteiger charge is -2.09. The highest BCUT2D eigenvalue weighted by molar-refractivity contribution is 7.21. The van der Waals surface area contributed by atoms with Crippen molar-refractivity contribution in [2.75, 3.05) is 19.7 Å². The smallest absolute Gasteiger partial charge is 0.205 e. The van der Waals surface area contributed by atoms with Gasteiger partial charge in [-0.3, -0.25) is 4.79 Å². The number of rotatable bonds is 8. The minimum absolute atomic E-state index is 0.132. The second-order valence-electron chi connectivity index (χ2n) is 7.02. The number of phenolic OH excluding ortho intramolecular Hbond substituents is 1. The molecule has 0 aliphatic carbocycles. The molecule has 0 spiro atoms. The molecule has 0 saturated carbocycles. The molecular weight excluding hydrogens is 430 g/mol. The van der Waals surface area contributed by atoms with E-state index in [1.54, 1.807) is 36.4 Å². The molecule has 0 saturated heterocycles. The standard InChI is InChI=1S/C25H22ClNO3S/c1-2-27-13-14-30-18-10-7-16(8-11-18)23-20-12-9-17(28)15-22(20)31-25(23)24(29)19-5-3-4-6-21(19)26/h3-12,15,27-28H,2,13-14H2,1H3. The number of hydrogen-bond acceptors (Lipinski definition) is 5. The fraction of sp³-hybridized carbons (Fsp3) is 0.160. The van der Waals surface area contributed by atoms with Gasteiger partial charge in [0.2, 0.25) is 5.78 Å². The highest BCUT2D eigenvalue weighted by Crippen LogP contribution is 2.42. The lowest BCUT2D eigenvalue weighted by molar-refractivity contribution is 0.104. The van der Waals surface area contributed by atoms with Gasteiger partial charge in [0.25, 0.3) is 0 Å². The van der Waals surface area contributed by atoms with Crippen molar-refractivity contribution in [3.63, 3.8) is 0 Å². The molecule has 4 rings (SSSR count). The number of halogens is 1. The van der Waals surface area contributed by atoms with Crippen LogP contribution in [-0.4, -0.2) is 30.6 Å². The second kappa shape index (κ2) is 9.52. The fourth-order valence-corrected chi connectivity index (χ4v) is 4.87. The number of likely N-dealkylation sites (N-methyl/N-ethyl adjacent to an activating group) is 1. The molecule has 0 aliphatic heterocycles. The van der Waals surface area contributed by atoms with Crippen molar-refractivity contribution in [2.45, 2.75) is 6.92 Å². The van der Waals surface area contributed by atoms with Gasteiger partial charge in [-0.05, 0) is 54.6 Å².